The fourth-order valence-corrected chi connectivity index (χ4v) is 2.58. The number of carbonyl (C=O) groups is 3. The highest BCUT2D eigenvalue weighted by molar-refractivity contribution is 5.87. The smallest absolute Gasteiger partial charge is 0.408 e. The number of nitrogens with one attached hydrogen (secondary N) is 2. The molecule has 9 heteroatoms. The van der Waals surface area contributed by atoms with Crippen LogP contribution in [0.3, 0.4) is 0 Å². The summed E-state index contributed by atoms with van der Waals surface area (Å²) in [5, 5.41) is 11.5. The highest BCUT2D eigenvalue weighted by atomic mass is 16.6. The van der Waals surface area contributed by atoms with Crippen molar-refractivity contribution in [2.45, 2.75) is 32.9 Å². The van der Waals surface area contributed by atoms with Gasteiger partial charge in [0.05, 0.1) is 12.2 Å². The van der Waals surface area contributed by atoms with E-state index >= 15 is 0 Å². The molecule has 0 radical (unpaired) electrons. The summed E-state index contributed by atoms with van der Waals surface area (Å²) in [5.74, 6) is -2.12. The standard InChI is InChI=1S/C21H24N2O7/c1-13(2)17(23-21(28)30-12-14-6-4-3-5-7-14)20(27)29-9-8-15-10-16(19(25)26)11-22-18(15)24/h3-7,10-11,13,17H,8-9,12H2,1-2H3,(H,22,24)(H,23,28)(H,25,26)/t17-/m0/s1. The number of esters is 1. The van der Waals surface area contributed by atoms with Gasteiger partial charge in [0.1, 0.15) is 12.6 Å². The second-order valence-corrected chi connectivity index (χ2v) is 6.89. The van der Waals surface area contributed by atoms with E-state index in [0.717, 1.165) is 11.8 Å². The molecule has 2 rings (SSSR count). The third-order valence-electron chi connectivity index (χ3n) is 4.25. The van der Waals surface area contributed by atoms with Gasteiger partial charge in [-0.1, -0.05) is 44.2 Å². The van der Waals surface area contributed by atoms with Crippen LogP contribution in [-0.4, -0.2) is 40.8 Å². The molecule has 0 saturated carbocycles. The topological polar surface area (TPSA) is 135 Å². The molecule has 0 unspecified atom stereocenters. The molecule has 0 aliphatic rings. The first-order chi connectivity index (χ1) is 14.3. The lowest BCUT2D eigenvalue weighted by atomic mass is 10.1. The van der Waals surface area contributed by atoms with Crippen molar-refractivity contribution >= 4 is 18.0 Å². The first kappa shape index (κ1) is 22.7. The van der Waals surface area contributed by atoms with E-state index in [2.05, 4.69) is 10.3 Å². The third kappa shape index (κ3) is 6.77. The van der Waals surface area contributed by atoms with Gasteiger partial charge in [-0.05, 0) is 17.5 Å². The predicted octanol–water partition coefficient (Wildman–Crippen LogP) is 2.11. The molecule has 3 N–H and O–H groups in total. The number of amides is 1. The van der Waals surface area contributed by atoms with E-state index in [-0.39, 0.29) is 36.7 Å². The summed E-state index contributed by atoms with van der Waals surface area (Å²) in [6, 6.07) is 9.40. The van der Waals surface area contributed by atoms with Gasteiger partial charge in [0.2, 0.25) is 0 Å². The van der Waals surface area contributed by atoms with Crippen LogP contribution in [0.1, 0.15) is 35.3 Å². The molecule has 0 aliphatic carbocycles. The van der Waals surface area contributed by atoms with Gasteiger partial charge in [0.15, 0.2) is 0 Å². The number of hydrogen-bond donors (Lipinski definition) is 3. The van der Waals surface area contributed by atoms with Crippen LogP contribution < -0.4 is 10.9 Å². The quantitative estimate of drug-likeness (QED) is 0.533. The van der Waals surface area contributed by atoms with E-state index in [0.29, 0.717) is 0 Å². The van der Waals surface area contributed by atoms with Gasteiger partial charge >= 0.3 is 18.0 Å². The largest absolute Gasteiger partial charge is 0.478 e. The number of aromatic carboxylic acids is 1. The molecule has 1 aromatic carbocycles. The van der Waals surface area contributed by atoms with Gasteiger partial charge in [0, 0.05) is 18.2 Å². The van der Waals surface area contributed by atoms with Crippen LogP contribution in [0, 0.1) is 5.92 Å². The van der Waals surface area contributed by atoms with Crippen LogP contribution in [-0.2, 0) is 27.3 Å². The third-order valence-corrected chi connectivity index (χ3v) is 4.25. The van der Waals surface area contributed by atoms with Crippen LogP contribution in [0.4, 0.5) is 4.79 Å². The Labute approximate surface area is 173 Å². The average molecular weight is 416 g/mol. The Kier molecular flexibility index (Phi) is 8.16. The van der Waals surface area contributed by atoms with Gasteiger partial charge < -0.3 is 24.9 Å². The maximum atomic E-state index is 12.4. The molecule has 0 saturated heterocycles. The van der Waals surface area contributed by atoms with E-state index in [1.165, 1.54) is 6.07 Å². The molecular weight excluding hydrogens is 392 g/mol. The summed E-state index contributed by atoms with van der Waals surface area (Å²) < 4.78 is 10.3. The summed E-state index contributed by atoms with van der Waals surface area (Å²) in [5.41, 5.74) is 0.460. The van der Waals surface area contributed by atoms with E-state index < -0.39 is 29.6 Å². The lowest BCUT2D eigenvalue weighted by Crippen LogP contribution is -2.45. The number of rotatable bonds is 9. The molecule has 9 nitrogen and oxygen atoms in total. The van der Waals surface area contributed by atoms with Crippen molar-refractivity contribution in [1.82, 2.24) is 10.3 Å². The van der Waals surface area contributed by atoms with E-state index in [1.54, 1.807) is 13.8 Å². The van der Waals surface area contributed by atoms with Crippen molar-refractivity contribution < 1.29 is 29.0 Å². The van der Waals surface area contributed by atoms with Gasteiger partial charge in [0.25, 0.3) is 5.56 Å². The van der Waals surface area contributed by atoms with E-state index in [4.69, 9.17) is 14.6 Å². The minimum Gasteiger partial charge on any atom is -0.478 e. The molecule has 30 heavy (non-hydrogen) atoms. The second-order valence-electron chi connectivity index (χ2n) is 6.89. The van der Waals surface area contributed by atoms with E-state index in [1.807, 2.05) is 30.3 Å². The Morgan fingerprint density at radius 1 is 1.13 bits per heavy atom. The lowest BCUT2D eigenvalue weighted by Gasteiger charge is -2.20. The summed E-state index contributed by atoms with van der Waals surface area (Å²) in [4.78, 5) is 49.5. The number of benzene rings is 1. The Morgan fingerprint density at radius 2 is 1.83 bits per heavy atom. The molecule has 1 amide bonds. The first-order valence-corrected chi connectivity index (χ1v) is 9.36. The monoisotopic (exact) mass is 416 g/mol. The SMILES string of the molecule is CC(C)[C@H](NC(=O)OCc1ccccc1)C(=O)OCCc1cc(C(=O)O)c[nH]c1=O. The lowest BCUT2D eigenvalue weighted by molar-refractivity contribution is -0.147. The molecule has 0 bridgehead atoms. The number of alkyl carbamates (subject to hydrolysis) is 1. The number of carbonyl (C=O) groups excluding carboxylic acids is 2. The Hall–Kier alpha value is -3.62. The molecule has 1 aromatic heterocycles. The van der Waals surface area contributed by atoms with Gasteiger partial charge in [-0.3, -0.25) is 4.79 Å². The average Bonchev–Trinajstić information content (AvgIpc) is 2.72. The number of ether oxygens (including phenoxy) is 2. The number of aromatic nitrogens is 1. The van der Waals surface area contributed by atoms with Crippen molar-refractivity contribution in [1.29, 1.82) is 0 Å². The van der Waals surface area contributed by atoms with Gasteiger partial charge in [-0.15, -0.1) is 0 Å². The number of carboxylic acid groups (broad SMARTS) is 1. The minimum atomic E-state index is -1.18. The van der Waals surface area contributed by atoms with Crippen molar-refractivity contribution in [3.05, 3.63) is 69.6 Å². The van der Waals surface area contributed by atoms with Crippen LogP contribution in [0.2, 0.25) is 0 Å². The summed E-state index contributed by atoms with van der Waals surface area (Å²) in [7, 11) is 0. The highest BCUT2D eigenvalue weighted by Crippen LogP contribution is 2.07. The van der Waals surface area contributed by atoms with Crippen molar-refractivity contribution in [3.63, 3.8) is 0 Å². The summed E-state index contributed by atoms with van der Waals surface area (Å²) >= 11 is 0. The molecule has 160 valence electrons. The Balaban J connectivity index is 1.88. The maximum absolute atomic E-state index is 12.4. The molecular formula is C21H24N2O7. The fraction of sp³-hybridized carbons (Fsp3) is 0.333. The zero-order chi connectivity index (χ0) is 22.1. The zero-order valence-corrected chi connectivity index (χ0v) is 16.7. The second kappa shape index (κ2) is 10.8. The summed E-state index contributed by atoms with van der Waals surface area (Å²) in [6.45, 7) is 3.40. The minimum absolute atomic E-state index is 0.0332. The van der Waals surface area contributed by atoms with Crippen LogP contribution in [0.15, 0.2) is 47.4 Å². The highest BCUT2D eigenvalue weighted by Gasteiger charge is 2.26. The Bertz CT molecular complexity index is 938. The molecule has 0 aliphatic heterocycles. The molecule has 1 heterocycles. The van der Waals surface area contributed by atoms with E-state index in [9.17, 15) is 19.2 Å². The van der Waals surface area contributed by atoms with Gasteiger partial charge in [-0.25, -0.2) is 14.4 Å². The maximum Gasteiger partial charge on any atom is 0.408 e. The van der Waals surface area contributed by atoms with Crippen molar-refractivity contribution in [2.24, 2.45) is 5.92 Å². The predicted molar refractivity (Wildman–Crippen MR) is 107 cm³/mol. The zero-order valence-electron chi connectivity index (χ0n) is 16.7. The number of aromatic amines is 1. The summed E-state index contributed by atoms with van der Waals surface area (Å²) in [6.07, 6.45) is 0.380. The molecule has 1 atom stereocenters. The van der Waals surface area contributed by atoms with Crippen LogP contribution >= 0.6 is 0 Å². The molecule has 0 fully saturated rings. The fourth-order valence-electron chi connectivity index (χ4n) is 2.58. The van der Waals surface area contributed by atoms with Gasteiger partial charge in [-0.2, -0.15) is 0 Å². The van der Waals surface area contributed by atoms with Crippen LogP contribution in [0.25, 0.3) is 0 Å². The van der Waals surface area contributed by atoms with Crippen LogP contribution in [0.5, 0.6) is 0 Å². The number of pyridine rings is 1. The van der Waals surface area contributed by atoms with Crippen molar-refractivity contribution in [2.75, 3.05) is 6.61 Å². The number of hydrogen-bond acceptors (Lipinski definition) is 6. The van der Waals surface area contributed by atoms with Crippen molar-refractivity contribution in [3.8, 4) is 0 Å². The first-order valence-electron chi connectivity index (χ1n) is 9.36. The number of H-pyrrole nitrogens is 1. The molecule has 0 spiro atoms. The molecule has 2 aromatic rings. The number of carboxylic acids is 1. The Morgan fingerprint density at radius 3 is 2.47 bits per heavy atom. The normalized spacial score (nSPS) is 11.6.